The first-order valence-corrected chi connectivity index (χ1v) is 21.9. The lowest BCUT2D eigenvalue weighted by atomic mass is 9.44. The maximum Gasteiger partial charge on any atom is 0.192 e. The summed E-state index contributed by atoms with van der Waals surface area (Å²) in [4.78, 5) is 0. The molecule has 4 heteroatoms. The van der Waals surface area contributed by atoms with E-state index < -0.39 is 16.6 Å². The minimum Gasteiger partial charge on any atom is -0.414 e. The topological polar surface area (TPSA) is 18.5 Å². The summed E-state index contributed by atoms with van der Waals surface area (Å²) < 4.78 is 14.0. The monoisotopic (exact) mass is 548 g/mol. The summed E-state index contributed by atoms with van der Waals surface area (Å²) in [6.45, 7) is 32.0. The van der Waals surface area contributed by atoms with Crippen molar-refractivity contribution in [3.8, 4) is 0 Å². The second-order valence-electron chi connectivity index (χ2n) is 17.7. The SMILES string of the molecule is C[C@H](O[Si](C)(C)C(C)(C)C)[C@H]1CC[C@H]2[C@@H]3CC[C@H]4C[C@@H](O[Si](C)(C)C(C)(C)C)CC[C@]4(C)[C@H]3CC[C@]12C. The molecule has 2 nitrogen and oxygen atoms in total. The van der Waals surface area contributed by atoms with Crippen LogP contribution in [0.3, 0.4) is 0 Å². The van der Waals surface area contributed by atoms with Crippen LogP contribution in [0.25, 0.3) is 0 Å². The largest absolute Gasteiger partial charge is 0.414 e. The van der Waals surface area contributed by atoms with Crippen LogP contribution in [0.1, 0.15) is 120 Å². The highest BCUT2D eigenvalue weighted by atomic mass is 28.4. The van der Waals surface area contributed by atoms with Crippen molar-refractivity contribution in [3.63, 3.8) is 0 Å². The van der Waals surface area contributed by atoms with Crippen LogP contribution in [0.5, 0.6) is 0 Å². The highest BCUT2D eigenvalue weighted by Gasteiger charge is 2.61. The fraction of sp³-hybridized carbons (Fsp3) is 1.00. The summed E-state index contributed by atoms with van der Waals surface area (Å²) in [6, 6.07) is 0. The van der Waals surface area contributed by atoms with Gasteiger partial charge in [0, 0.05) is 12.2 Å². The minimum atomic E-state index is -1.74. The summed E-state index contributed by atoms with van der Waals surface area (Å²) in [6.07, 6.45) is 13.6. The molecule has 4 aliphatic carbocycles. The average molecular weight is 549 g/mol. The van der Waals surface area contributed by atoms with Crippen molar-refractivity contribution < 1.29 is 8.85 Å². The molecule has 4 rings (SSSR count). The molecule has 0 N–H and O–H groups in total. The van der Waals surface area contributed by atoms with Crippen molar-refractivity contribution in [1.82, 2.24) is 0 Å². The van der Waals surface area contributed by atoms with Crippen LogP contribution in [-0.2, 0) is 8.85 Å². The van der Waals surface area contributed by atoms with Gasteiger partial charge in [0.15, 0.2) is 16.6 Å². The Kier molecular flexibility index (Phi) is 7.97. The number of hydrogen-bond acceptors (Lipinski definition) is 2. The summed E-state index contributed by atoms with van der Waals surface area (Å²) in [7, 11) is -3.43. The van der Waals surface area contributed by atoms with Crippen LogP contribution in [0.15, 0.2) is 0 Å². The number of hydrogen-bond donors (Lipinski definition) is 0. The van der Waals surface area contributed by atoms with Crippen molar-refractivity contribution in [3.05, 3.63) is 0 Å². The van der Waals surface area contributed by atoms with Crippen LogP contribution in [0, 0.1) is 40.4 Å². The summed E-state index contributed by atoms with van der Waals surface area (Å²) in [5.41, 5.74) is 1.02. The molecule has 37 heavy (non-hydrogen) atoms. The lowest BCUT2D eigenvalue weighted by Crippen LogP contribution is -2.56. The Labute approximate surface area is 234 Å². The van der Waals surface area contributed by atoms with Crippen molar-refractivity contribution in [2.24, 2.45) is 40.4 Å². The molecule has 0 heterocycles. The minimum absolute atomic E-state index is 0.290. The van der Waals surface area contributed by atoms with Gasteiger partial charge < -0.3 is 8.85 Å². The van der Waals surface area contributed by atoms with Gasteiger partial charge >= 0.3 is 0 Å². The Balaban J connectivity index is 1.45. The molecule has 0 radical (unpaired) electrons. The van der Waals surface area contributed by atoms with Gasteiger partial charge in [-0.1, -0.05) is 55.4 Å². The van der Waals surface area contributed by atoms with Gasteiger partial charge in [-0.3, -0.25) is 0 Å². The van der Waals surface area contributed by atoms with Crippen molar-refractivity contribution >= 4 is 16.6 Å². The van der Waals surface area contributed by atoms with E-state index in [1.165, 1.54) is 57.8 Å². The normalized spacial score (nSPS) is 42.1. The van der Waals surface area contributed by atoms with Gasteiger partial charge in [0.25, 0.3) is 0 Å². The molecule has 4 aliphatic rings. The first-order valence-electron chi connectivity index (χ1n) is 16.1. The average Bonchev–Trinajstić information content (AvgIpc) is 3.09. The third kappa shape index (κ3) is 5.26. The van der Waals surface area contributed by atoms with E-state index in [1.54, 1.807) is 0 Å². The maximum atomic E-state index is 7.05. The van der Waals surface area contributed by atoms with Gasteiger partial charge in [0.2, 0.25) is 0 Å². The Hall–Kier alpha value is 0.354. The molecule has 0 aliphatic heterocycles. The molecule has 9 atom stereocenters. The van der Waals surface area contributed by atoms with Crippen LogP contribution < -0.4 is 0 Å². The van der Waals surface area contributed by atoms with E-state index in [-0.39, 0.29) is 5.04 Å². The van der Waals surface area contributed by atoms with E-state index in [2.05, 4.69) is 88.5 Å². The molecule has 0 aromatic rings. The molecule has 0 unspecified atom stereocenters. The molecule has 0 aromatic carbocycles. The molecule has 4 fully saturated rings. The zero-order valence-electron chi connectivity index (χ0n) is 27.2. The fourth-order valence-corrected chi connectivity index (χ4v) is 12.3. The second-order valence-corrected chi connectivity index (χ2v) is 27.3. The molecule has 0 amide bonds. The van der Waals surface area contributed by atoms with Gasteiger partial charge in [-0.25, -0.2) is 0 Å². The van der Waals surface area contributed by atoms with E-state index in [0.29, 0.717) is 28.1 Å². The first kappa shape index (κ1) is 30.3. The Morgan fingerprint density at radius 1 is 0.703 bits per heavy atom. The smallest absolute Gasteiger partial charge is 0.192 e. The van der Waals surface area contributed by atoms with Crippen LogP contribution in [0.2, 0.25) is 36.3 Å². The third-order valence-corrected chi connectivity index (χ3v) is 22.9. The Bertz CT molecular complexity index is 823. The van der Waals surface area contributed by atoms with Gasteiger partial charge in [-0.15, -0.1) is 0 Å². The molecular weight excluding hydrogens is 485 g/mol. The zero-order chi connectivity index (χ0) is 27.8. The second kappa shape index (κ2) is 9.73. The molecule has 216 valence electrons. The fourth-order valence-electron chi connectivity index (χ4n) is 9.45. The van der Waals surface area contributed by atoms with Gasteiger partial charge in [0.1, 0.15) is 0 Å². The van der Waals surface area contributed by atoms with Gasteiger partial charge in [-0.05, 0) is 141 Å². The lowest BCUT2D eigenvalue weighted by Gasteiger charge is -2.61. The summed E-state index contributed by atoms with van der Waals surface area (Å²) in [5.74, 6) is 4.42. The standard InChI is InChI=1S/C33H64O2Si2/c1-23(34-36(10,11)30(2,3)4)27-16-17-28-26-15-14-24-22-25(35-37(12,13)31(5,6)7)18-20-32(24,8)29(26)19-21-33(27,28)9/h23-29H,14-22H2,1-13H3/t23-,24-,25-,26-,27+,28-,29-,32-,33+/m0/s1. The number of fused-ring (bicyclic) bond motifs is 5. The molecule has 0 saturated heterocycles. The van der Waals surface area contributed by atoms with Crippen molar-refractivity contribution in [2.75, 3.05) is 0 Å². The predicted octanol–water partition coefficient (Wildman–Crippen LogP) is 10.4. The molecule has 0 spiro atoms. The van der Waals surface area contributed by atoms with Gasteiger partial charge in [0.05, 0.1) is 0 Å². The maximum absolute atomic E-state index is 7.05. The van der Waals surface area contributed by atoms with E-state index in [1.807, 2.05) is 0 Å². The third-order valence-electron chi connectivity index (χ3n) is 13.8. The van der Waals surface area contributed by atoms with Crippen LogP contribution in [-0.4, -0.2) is 28.8 Å². The molecule has 0 aromatic heterocycles. The van der Waals surface area contributed by atoms with Crippen molar-refractivity contribution in [2.45, 2.75) is 169 Å². The van der Waals surface area contributed by atoms with Gasteiger partial charge in [-0.2, -0.15) is 0 Å². The van der Waals surface area contributed by atoms with E-state index in [0.717, 1.165) is 29.6 Å². The highest BCUT2D eigenvalue weighted by molar-refractivity contribution is 6.74. The number of rotatable bonds is 5. The van der Waals surface area contributed by atoms with E-state index >= 15 is 0 Å². The van der Waals surface area contributed by atoms with Crippen LogP contribution in [0.4, 0.5) is 0 Å². The van der Waals surface area contributed by atoms with Crippen LogP contribution >= 0.6 is 0 Å². The Morgan fingerprint density at radius 3 is 1.86 bits per heavy atom. The molecule has 4 saturated carbocycles. The predicted molar refractivity (Wildman–Crippen MR) is 165 cm³/mol. The highest BCUT2D eigenvalue weighted by Crippen LogP contribution is 2.68. The summed E-state index contributed by atoms with van der Waals surface area (Å²) >= 11 is 0. The molecule has 0 bridgehead atoms. The first-order chi connectivity index (χ1) is 16.7. The van der Waals surface area contributed by atoms with E-state index in [9.17, 15) is 0 Å². The lowest BCUT2D eigenvalue weighted by molar-refractivity contribution is -0.130. The quantitative estimate of drug-likeness (QED) is 0.318. The van der Waals surface area contributed by atoms with Crippen molar-refractivity contribution in [1.29, 1.82) is 0 Å². The van der Waals surface area contributed by atoms with E-state index in [4.69, 9.17) is 8.85 Å². The zero-order valence-corrected chi connectivity index (χ0v) is 29.2. The summed E-state index contributed by atoms with van der Waals surface area (Å²) in [5, 5.41) is 0.599. The Morgan fingerprint density at radius 2 is 1.27 bits per heavy atom. The molecular formula is C33H64O2Si2.